The summed E-state index contributed by atoms with van der Waals surface area (Å²) < 4.78 is 0. The van der Waals surface area contributed by atoms with Gasteiger partial charge in [-0.15, -0.1) is 0 Å². The van der Waals surface area contributed by atoms with E-state index < -0.39 is 0 Å². The molecule has 0 aromatic rings. The first-order chi connectivity index (χ1) is 6.11. The minimum atomic E-state index is 0.900. The highest BCUT2D eigenvalue weighted by atomic mass is 14.3. The first-order valence-electron chi connectivity index (χ1n) is 6.11. The molecule has 0 N–H and O–H groups in total. The van der Waals surface area contributed by atoms with Crippen LogP contribution in [0.25, 0.3) is 0 Å². The van der Waals surface area contributed by atoms with E-state index in [1.807, 2.05) is 13.8 Å². The highest BCUT2D eigenvalue weighted by Crippen LogP contribution is 2.37. The van der Waals surface area contributed by atoms with Crippen molar-refractivity contribution in [3.8, 4) is 0 Å². The van der Waals surface area contributed by atoms with Gasteiger partial charge in [0.1, 0.15) is 0 Å². The molecule has 13 heavy (non-hydrogen) atoms. The van der Waals surface area contributed by atoms with Crippen molar-refractivity contribution in [3.63, 3.8) is 0 Å². The van der Waals surface area contributed by atoms with Gasteiger partial charge in [0.25, 0.3) is 0 Å². The third kappa shape index (κ3) is 4.15. The smallest absolute Gasteiger partial charge is 0.0365 e. The maximum Gasteiger partial charge on any atom is -0.0365 e. The molecule has 1 rings (SSSR count). The zero-order valence-electron chi connectivity index (χ0n) is 10.4. The molecule has 0 amide bonds. The molecule has 3 atom stereocenters. The Morgan fingerprint density at radius 2 is 1.54 bits per heavy atom. The summed E-state index contributed by atoms with van der Waals surface area (Å²) in [6.45, 7) is 13.6. The van der Waals surface area contributed by atoms with Crippen molar-refractivity contribution < 1.29 is 0 Å². The van der Waals surface area contributed by atoms with Crippen LogP contribution in [0.3, 0.4) is 0 Å². The van der Waals surface area contributed by atoms with Gasteiger partial charge in [-0.2, -0.15) is 0 Å². The summed E-state index contributed by atoms with van der Waals surface area (Å²) >= 11 is 0. The lowest BCUT2D eigenvalue weighted by Gasteiger charge is -2.35. The van der Waals surface area contributed by atoms with Gasteiger partial charge in [-0.1, -0.05) is 48.0 Å². The maximum absolute atomic E-state index is 2.43. The van der Waals surface area contributed by atoms with E-state index >= 15 is 0 Å². The molecule has 1 aliphatic carbocycles. The van der Waals surface area contributed by atoms with Crippen molar-refractivity contribution in [2.75, 3.05) is 0 Å². The van der Waals surface area contributed by atoms with E-state index in [1.54, 1.807) is 0 Å². The summed E-state index contributed by atoms with van der Waals surface area (Å²) in [5.74, 6) is 3.86. The van der Waals surface area contributed by atoms with E-state index in [2.05, 4.69) is 27.7 Å². The van der Waals surface area contributed by atoms with E-state index in [0.29, 0.717) is 0 Å². The molecule has 0 radical (unpaired) electrons. The van der Waals surface area contributed by atoms with E-state index in [-0.39, 0.29) is 0 Å². The van der Waals surface area contributed by atoms with Gasteiger partial charge in [-0.05, 0) is 36.5 Å². The molecule has 80 valence electrons. The van der Waals surface area contributed by atoms with Gasteiger partial charge in [-0.3, -0.25) is 0 Å². The molecule has 0 aromatic heterocycles. The summed E-state index contributed by atoms with van der Waals surface area (Å²) in [6, 6.07) is 0. The zero-order chi connectivity index (χ0) is 10.4. The lowest BCUT2D eigenvalue weighted by molar-refractivity contribution is 0.158. The molecule has 0 saturated heterocycles. The first-order valence-corrected chi connectivity index (χ1v) is 6.11. The summed E-state index contributed by atoms with van der Waals surface area (Å²) in [6.07, 6.45) is 4.40. The van der Waals surface area contributed by atoms with Gasteiger partial charge in [0.2, 0.25) is 0 Å². The molecule has 0 heteroatoms. The minimum absolute atomic E-state index is 0.900. The Bertz CT molecular complexity index is 115. The molecule has 0 spiro atoms. The number of hydrogen-bond donors (Lipinski definition) is 0. The van der Waals surface area contributed by atoms with Gasteiger partial charge in [-0.25, -0.2) is 0 Å². The Morgan fingerprint density at radius 3 is 1.92 bits per heavy atom. The van der Waals surface area contributed by atoms with Crippen LogP contribution >= 0.6 is 0 Å². The van der Waals surface area contributed by atoms with Crippen LogP contribution < -0.4 is 0 Å². The van der Waals surface area contributed by atoms with E-state index in [1.165, 1.54) is 19.3 Å². The highest BCUT2D eigenvalue weighted by molar-refractivity contribution is 4.77. The van der Waals surface area contributed by atoms with Crippen molar-refractivity contribution in [3.05, 3.63) is 0 Å². The molecule has 1 aliphatic rings. The predicted molar refractivity (Wildman–Crippen MR) is 61.9 cm³/mol. The SMILES string of the molecule is CC.CC1CCC(C(C)C)C(C)C1. The Morgan fingerprint density at radius 1 is 1.00 bits per heavy atom. The van der Waals surface area contributed by atoms with Crippen molar-refractivity contribution >= 4 is 0 Å². The molecule has 3 unspecified atom stereocenters. The first kappa shape index (κ1) is 13.0. The molecule has 1 saturated carbocycles. The molecule has 0 bridgehead atoms. The Balaban J connectivity index is 0.000000671. The van der Waals surface area contributed by atoms with E-state index in [9.17, 15) is 0 Å². The van der Waals surface area contributed by atoms with Crippen molar-refractivity contribution in [2.45, 2.75) is 60.8 Å². The zero-order valence-corrected chi connectivity index (χ0v) is 10.4. The lowest BCUT2D eigenvalue weighted by Crippen LogP contribution is -2.25. The second-order valence-electron chi connectivity index (χ2n) is 4.80. The van der Waals surface area contributed by atoms with Crippen LogP contribution in [0, 0.1) is 23.7 Å². The molecular weight excluding hydrogens is 156 g/mol. The summed E-state index contributed by atoms with van der Waals surface area (Å²) in [4.78, 5) is 0. The molecule has 0 heterocycles. The maximum atomic E-state index is 2.43. The van der Waals surface area contributed by atoms with Crippen LogP contribution in [0.4, 0.5) is 0 Å². The standard InChI is InChI=1S/C11H22.C2H6/c1-8(2)11-6-5-9(3)7-10(11)4;1-2/h8-11H,5-7H2,1-4H3;1-2H3. The second kappa shape index (κ2) is 6.45. The molecule has 1 fully saturated rings. The molecular formula is C13H28. The van der Waals surface area contributed by atoms with E-state index in [4.69, 9.17) is 0 Å². The van der Waals surface area contributed by atoms with Gasteiger partial charge in [0.15, 0.2) is 0 Å². The third-order valence-corrected chi connectivity index (χ3v) is 3.35. The fraction of sp³-hybridized carbons (Fsp3) is 1.00. The summed E-state index contributed by atoms with van der Waals surface area (Å²) in [5, 5.41) is 0. The van der Waals surface area contributed by atoms with Crippen LogP contribution in [-0.2, 0) is 0 Å². The third-order valence-electron chi connectivity index (χ3n) is 3.35. The van der Waals surface area contributed by atoms with Crippen LogP contribution in [0.15, 0.2) is 0 Å². The normalized spacial score (nSPS) is 33.9. The Hall–Kier alpha value is 0. The lowest BCUT2D eigenvalue weighted by atomic mass is 9.71. The average Bonchev–Trinajstić information content (AvgIpc) is 2.07. The molecule has 0 aliphatic heterocycles. The van der Waals surface area contributed by atoms with E-state index in [0.717, 1.165) is 23.7 Å². The van der Waals surface area contributed by atoms with Crippen LogP contribution in [-0.4, -0.2) is 0 Å². The predicted octanol–water partition coefficient (Wildman–Crippen LogP) is 4.74. The quantitative estimate of drug-likeness (QED) is 0.552. The summed E-state index contributed by atoms with van der Waals surface area (Å²) in [5.41, 5.74) is 0. The van der Waals surface area contributed by atoms with Crippen LogP contribution in [0.5, 0.6) is 0 Å². The van der Waals surface area contributed by atoms with Crippen molar-refractivity contribution in [1.29, 1.82) is 0 Å². The second-order valence-corrected chi connectivity index (χ2v) is 4.80. The molecule has 0 nitrogen and oxygen atoms in total. The Kier molecular flexibility index (Phi) is 6.45. The van der Waals surface area contributed by atoms with Crippen LogP contribution in [0.1, 0.15) is 60.8 Å². The number of hydrogen-bond acceptors (Lipinski definition) is 0. The monoisotopic (exact) mass is 184 g/mol. The summed E-state index contributed by atoms with van der Waals surface area (Å²) in [7, 11) is 0. The fourth-order valence-electron chi connectivity index (χ4n) is 2.68. The van der Waals surface area contributed by atoms with Crippen molar-refractivity contribution in [1.82, 2.24) is 0 Å². The van der Waals surface area contributed by atoms with Gasteiger partial charge in [0, 0.05) is 0 Å². The van der Waals surface area contributed by atoms with Gasteiger partial charge in [0.05, 0.1) is 0 Å². The van der Waals surface area contributed by atoms with Gasteiger partial charge < -0.3 is 0 Å². The Labute approximate surface area is 85.1 Å². The van der Waals surface area contributed by atoms with Crippen molar-refractivity contribution in [2.24, 2.45) is 23.7 Å². The molecule has 0 aromatic carbocycles. The van der Waals surface area contributed by atoms with Crippen LogP contribution in [0.2, 0.25) is 0 Å². The average molecular weight is 184 g/mol. The fourth-order valence-corrected chi connectivity index (χ4v) is 2.68. The minimum Gasteiger partial charge on any atom is -0.0683 e. The van der Waals surface area contributed by atoms with Gasteiger partial charge >= 0.3 is 0 Å². The number of rotatable bonds is 1. The highest BCUT2D eigenvalue weighted by Gasteiger charge is 2.26. The largest absolute Gasteiger partial charge is 0.0683 e. The topological polar surface area (TPSA) is 0 Å².